The number of carboxylic acid groups (broad SMARTS) is 2. The maximum Gasteiger partial charge on any atom is 0.332 e. The van der Waals surface area contributed by atoms with Crippen molar-refractivity contribution in [3.05, 3.63) is 82.9 Å². The number of nitrogens with one attached hydrogen (secondary N) is 2. The van der Waals surface area contributed by atoms with Gasteiger partial charge in [0.1, 0.15) is 0 Å². The third-order valence-corrected chi connectivity index (χ3v) is 5.78. The van der Waals surface area contributed by atoms with Gasteiger partial charge in [0.25, 0.3) is 0 Å². The number of benzene rings is 2. The highest BCUT2D eigenvalue weighted by molar-refractivity contribution is 5.99. The Morgan fingerprint density at radius 1 is 0.611 bits per heavy atom. The molecule has 0 radical (unpaired) electrons. The molecule has 0 aliphatic carbocycles. The molecule has 2 aromatic rings. The van der Waals surface area contributed by atoms with Gasteiger partial charge >= 0.3 is 11.9 Å². The van der Waals surface area contributed by atoms with Crippen molar-refractivity contribution in [1.82, 2.24) is 10.6 Å². The summed E-state index contributed by atoms with van der Waals surface area (Å²) < 4.78 is 0. The number of hydrogen-bond acceptors (Lipinski definition) is 4. The molecule has 4 N–H and O–H groups in total. The third kappa shape index (κ3) is 8.08. The van der Waals surface area contributed by atoms with Gasteiger partial charge in [0.05, 0.1) is 12.1 Å². The van der Waals surface area contributed by atoms with Crippen LogP contribution in [0.1, 0.15) is 63.7 Å². The number of hydrogen-bond donors (Lipinski definition) is 4. The Hall–Kier alpha value is -3.94. The molecule has 0 spiro atoms. The molecule has 36 heavy (non-hydrogen) atoms. The first-order valence-electron chi connectivity index (χ1n) is 11.9. The van der Waals surface area contributed by atoms with Gasteiger partial charge in [-0.3, -0.25) is 9.59 Å². The summed E-state index contributed by atoms with van der Waals surface area (Å²) >= 11 is 0. The fourth-order valence-electron chi connectivity index (χ4n) is 3.64. The van der Waals surface area contributed by atoms with E-state index in [-0.39, 0.29) is 47.6 Å². The van der Waals surface area contributed by atoms with Gasteiger partial charge in [-0.2, -0.15) is 0 Å². The van der Waals surface area contributed by atoms with Crippen LogP contribution >= 0.6 is 0 Å². The second kappa shape index (κ2) is 13.2. The number of carboxylic acids is 2. The zero-order valence-corrected chi connectivity index (χ0v) is 21.0. The quantitative estimate of drug-likeness (QED) is 0.326. The predicted molar refractivity (Wildman–Crippen MR) is 136 cm³/mol. The van der Waals surface area contributed by atoms with Crippen molar-refractivity contribution < 1.29 is 29.4 Å². The summed E-state index contributed by atoms with van der Waals surface area (Å²) in [6.45, 7) is 6.87. The number of carbonyl (C=O) groups excluding carboxylic acids is 2. The largest absolute Gasteiger partial charge is 0.478 e. The molecule has 0 aliphatic heterocycles. The van der Waals surface area contributed by atoms with Crippen LogP contribution in [0.4, 0.5) is 0 Å². The molecule has 0 saturated carbocycles. The minimum Gasteiger partial charge on any atom is -0.478 e. The Balaban J connectivity index is 2.54. The van der Waals surface area contributed by atoms with Crippen LogP contribution in [-0.2, 0) is 19.2 Å². The highest BCUT2D eigenvalue weighted by Crippen LogP contribution is 2.29. The van der Waals surface area contributed by atoms with Gasteiger partial charge in [-0.1, -0.05) is 88.4 Å². The van der Waals surface area contributed by atoms with Crippen LogP contribution in [-0.4, -0.2) is 34.0 Å². The Bertz CT molecular complexity index is 1010. The molecule has 0 bridgehead atoms. The Kier molecular flexibility index (Phi) is 10.4. The summed E-state index contributed by atoms with van der Waals surface area (Å²) in [5.41, 5.74) is 0.644. The van der Waals surface area contributed by atoms with Gasteiger partial charge in [-0.15, -0.1) is 0 Å². The van der Waals surface area contributed by atoms with Crippen molar-refractivity contribution in [3.63, 3.8) is 0 Å². The highest BCUT2D eigenvalue weighted by atomic mass is 16.4. The van der Waals surface area contributed by atoms with E-state index in [4.69, 9.17) is 0 Å². The van der Waals surface area contributed by atoms with Crippen LogP contribution in [0.5, 0.6) is 0 Å². The van der Waals surface area contributed by atoms with Crippen LogP contribution in [0.15, 0.2) is 71.8 Å². The van der Waals surface area contributed by atoms with Gasteiger partial charge in [0.15, 0.2) is 0 Å². The van der Waals surface area contributed by atoms with E-state index in [0.29, 0.717) is 11.1 Å². The van der Waals surface area contributed by atoms with Crippen molar-refractivity contribution in [2.45, 2.75) is 52.6 Å². The van der Waals surface area contributed by atoms with Gasteiger partial charge in [0, 0.05) is 35.8 Å². The monoisotopic (exact) mass is 494 g/mol. The molecule has 2 aromatic carbocycles. The second-order valence-electron chi connectivity index (χ2n) is 9.23. The summed E-state index contributed by atoms with van der Waals surface area (Å²) in [6, 6.07) is 16.1. The van der Waals surface area contributed by atoms with Crippen LogP contribution in [0.3, 0.4) is 0 Å². The van der Waals surface area contributed by atoms with E-state index in [1.807, 2.05) is 0 Å². The van der Waals surface area contributed by atoms with E-state index in [9.17, 15) is 29.4 Å². The fraction of sp³-hybridized carbons (Fsp3) is 0.357. The Labute approximate surface area is 211 Å². The maximum absolute atomic E-state index is 12.5. The smallest absolute Gasteiger partial charge is 0.332 e. The van der Waals surface area contributed by atoms with Gasteiger partial charge in [-0.25, -0.2) is 9.59 Å². The lowest BCUT2D eigenvalue weighted by Gasteiger charge is -2.24. The highest BCUT2D eigenvalue weighted by Gasteiger charge is 2.29. The predicted octanol–water partition coefficient (Wildman–Crippen LogP) is 4.26. The number of amides is 2. The standard InChI is InChI=1S/C28H34N2O6/c1-17(2)25(31)29-23(19-11-7-5-8-12-19)15-21(27(33)34)22(28(35)36)16-24(30-26(32)18(3)4)20-13-9-6-10-14-20/h5-14,17-18,23-24H,15-16H2,1-4H3,(H,29,31)(H,30,32)(H,33,34)(H,35,36)/b22-21+/t23-,24-/m0/s1. The molecule has 2 amide bonds. The second-order valence-corrected chi connectivity index (χ2v) is 9.23. The van der Waals surface area contributed by atoms with Crippen molar-refractivity contribution in [2.24, 2.45) is 11.8 Å². The van der Waals surface area contributed by atoms with Crippen LogP contribution in [0.25, 0.3) is 0 Å². The Morgan fingerprint density at radius 3 is 1.17 bits per heavy atom. The van der Waals surface area contributed by atoms with Crippen molar-refractivity contribution >= 4 is 23.8 Å². The summed E-state index contributed by atoms with van der Waals surface area (Å²) in [5.74, 6) is -4.04. The first-order chi connectivity index (χ1) is 17.0. The van der Waals surface area contributed by atoms with E-state index in [0.717, 1.165) is 0 Å². The first kappa shape index (κ1) is 28.3. The molecule has 192 valence electrons. The number of aliphatic carboxylic acids is 2. The minimum atomic E-state index is -1.39. The SMILES string of the molecule is CC(C)C(=O)N[C@@H](C/C(C(=O)O)=C(/C[C@H](NC(=O)C(C)C)c1ccccc1)C(=O)O)c1ccccc1. The number of rotatable bonds is 12. The zero-order chi connectivity index (χ0) is 26.8. The summed E-state index contributed by atoms with van der Waals surface area (Å²) in [5, 5.41) is 25.8. The van der Waals surface area contributed by atoms with Crippen LogP contribution in [0.2, 0.25) is 0 Å². The molecule has 8 nitrogen and oxygen atoms in total. The molecule has 0 heterocycles. The Morgan fingerprint density at radius 2 is 0.917 bits per heavy atom. The average Bonchev–Trinajstić information content (AvgIpc) is 2.84. The minimum absolute atomic E-state index is 0.237. The molecule has 0 fully saturated rings. The van der Waals surface area contributed by atoms with Gasteiger partial charge in [-0.05, 0) is 11.1 Å². The van der Waals surface area contributed by atoms with E-state index in [1.165, 1.54) is 0 Å². The summed E-state index contributed by atoms with van der Waals surface area (Å²) in [6.07, 6.45) is -0.474. The van der Waals surface area contributed by atoms with Crippen molar-refractivity contribution in [3.8, 4) is 0 Å². The van der Waals surface area contributed by atoms with Crippen molar-refractivity contribution in [2.75, 3.05) is 0 Å². The molecule has 2 atom stereocenters. The lowest BCUT2D eigenvalue weighted by atomic mass is 9.90. The molecule has 0 aromatic heterocycles. The summed E-state index contributed by atoms with van der Waals surface area (Å²) in [7, 11) is 0. The van der Waals surface area contributed by atoms with Gasteiger partial charge in [0.2, 0.25) is 11.8 Å². The fourth-order valence-corrected chi connectivity index (χ4v) is 3.64. The van der Waals surface area contributed by atoms with E-state index in [2.05, 4.69) is 10.6 Å². The van der Waals surface area contributed by atoms with Crippen LogP contribution in [0, 0.1) is 11.8 Å². The molecule has 0 saturated heterocycles. The molecular formula is C28H34N2O6. The molecule has 0 unspecified atom stereocenters. The molecule has 2 rings (SSSR count). The van der Waals surface area contributed by atoms with Gasteiger partial charge < -0.3 is 20.8 Å². The number of carbonyl (C=O) groups is 4. The first-order valence-corrected chi connectivity index (χ1v) is 11.9. The molecule has 8 heteroatoms. The zero-order valence-electron chi connectivity index (χ0n) is 21.0. The normalized spacial score (nSPS) is 13.5. The van der Waals surface area contributed by atoms with E-state index in [1.54, 1.807) is 88.4 Å². The van der Waals surface area contributed by atoms with E-state index >= 15 is 0 Å². The maximum atomic E-state index is 12.5. The topological polar surface area (TPSA) is 133 Å². The molecular weight excluding hydrogens is 460 g/mol. The van der Waals surface area contributed by atoms with Crippen molar-refractivity contribution in [1.29, 1.82) is 0 Å². The molecule has 0 aliphatic rings. The lowest BCUT2D eigenvalue weighted by Crippen LogP contribution is -2.34. The van der Waals surface area contributed by atoms with E-state index < -0.39 is 24.0 Å². The van der Waals surface area contributed by atoms with Crippen LogP contribution < -0.4 is 10.6 Å². The third-order valence-electron chi connectivity index (χ3n) is 5.78. The lowest BCUT2D eigenvalue weighted by molar-refractivity contribution is -0.136. The summed E-state index contributed by atoms with van der Waals surface area (Å²) in [4.78, 5) is 49.7. The average molecular weight is 495 g/mol.